The Labute approximate surface area is 106 Å². The molecule has 0 aromatic heterocycles. The number of nitrogens with zero attached hydrogens (tertiary/aromatic N) is 1. The molecule has 1 saturated heterocycles. The molecule has 0 spiro atoms. The van der Waals surface area contributed by atoms with Gasteiger partial charge in [-0.25, -0.2) is 4.79 Å². The fourth-order valence-electron chi connectivity index (χ4n) is 2.09. The number of nitrogens with one attached hydrogen (secondary N) is 2. The van der Waals surface area contributed by atoms with Gasteiger partial charge >= 0.3 is 6.03 Å². The number of likely N-dealkylation sites (N-methyl/N-ethyl adjacent to an activating group) is 1. The van der Waals surface area contributed by atoms with Gasteiger partial charge in [-0.05, 0) is 18.4 Å². The van der Waals surface area contributed by atoms with Crippen LogP contribution < -0.4 is 10.6 Å². The van der Waals surface area contributed by atoms with E-state index in [1.807, 2.05) is 0 Å². The van der Waals surface area contributed by atoms with E-state index in [2.05, 4.69) is 16.7 Å². The van der Waals surface area contributed by atoms with E-state index in [0.29, 0.717) is 26.1 Å². The third-order valence-electron chi connectivity index (χ3n) is 3.19. The van der Waals surface area contributed by atoms with Crippen molar-refractivity contribution in [1.82, 2.24) is 15.5 Å². The molecule has 2 aliphatic rings. The normalized spacial score (nSPS) is 23.8. The minimum Gasteiger partial charge on any atom is -0.377 e. The molecule has 0 aromatic carbocycles. The highest BCUT2D eigenvalue weighted by Crippen LogP contribution is 2.08. The van der Waals surface area contributed by atoms with Gasteiger partial charge in [-0.15, -0.1) is 0 Å². The lowest BCUT2D eigenvalue weighted by atomic mass is 10.2. The third kappa shape index (κ3) is 3.22. The van der Waals surface area contributed by atoms with Crippen molar-refractivity contribution in [3.8, 4) is 0 Å². The molecule has 2 rings (SSSR count). The predicted molar refractivity (Wildman–Crippen MR) is 66.1 cm³/mol. The van der Waals surface area contributed by atoms with Crippen LogP contribution in [0.1, 0.15) is 12.8 Å². The lowest BCUT2D eigenvalue weighted by Gasteiger charge is -2.16. The van der Waals surface area contributed by atoms with Crippen LogP contribution in [0.5, 0.6) is 0 Å². The first-order valence-electron chi connectivity index (χ1n) is 6.22. The molecule has 6 heteroatoms. The van der Waals surface area contributed by atoms with Gasteiger partial charge in [-0.2, -0.15) is 0 Å². The zero-order valence-corrected chi connectivity index (χ0v) is 10.6. The van der Waals surface area contributed by atoms with E-state index in [1.165, 1.54) is 0 Å². The van der Waals surface area contributed by atoms with Crippen molar-refractivity contribution in [2.45, 2.75) is 18.9 Å². The lowest BCUT2D eigenvalue weighted by molar-refractivity contribution is -0.128. The van der Waals surface area contributed by atoms with Crippen molar-refractivity contribution in [1.29, 1.82) is 0 Å². The number of hydrogen-bond acceptors (Lipinski definition) is 3. The van der Waals surface area contributed by atoms with E-state index in [0.717, 1.165) is 18.6 Å². The number of carbonyl (C=O) groups is 2. The van der Waals surface area contributed by atoms with E-state index in [-0.39, 0.29) is 18.0 Å². The molecular weight excluding hydrogens is 234 g/mol. The van der Waals surface area contributed by atoms with Crippen LogP contribution in [0, 0.1) is 0 Å². The highest BCUT2D eigenvalue weighted by atomic mass is 16.5. The summed E-state index contributed by atoms with van der Waals surface area (Å²) in [6.07, 6.45) is 3.65. The second-order valence-electron chi connectivity index (χ2n) is 4.63. The third-order valence-corrected chi connectivity index (χ3v) is 3.19. The highest BCUT2D eigenvalue weighted by molar-refractivity contribution is 5.88. The van der Waals surface area contributed by atoms with Gasteiger partial charge in [0, 0.05) is 20.1 Å². The maximum Gasteiger partial charge on any atom is 0.315 e. The number of amides is 3. The highest BCUT2D eigenvalue weighted by Gasteiger charge is 2.30. The molecule has 0 radical (unpaired) electrons. The average molecular weight is 253 g/mol. The molecule has 2 N–H and O–H groups in total. The fourth-order valence-corrected chi connectivity index (χ4v) is 2.09. The van der Waals surface area contributed by atoms with Gasteiger partial charge < -0.3 is 20.3 Å². The Hall–Kier alpha value is -1.56. The van der Waals surface area contributed by atoms with Crippen LogP contribution in [0.25, 0.3) is 0 Å². The molecule has 0 aliphatic carbocycles. The Morgan fingerprint density at radius 3 is 3.06 bits per heavy atom. The average Bonchev–Trinajstić information content (AvgIpc) is 2.70. The molecular formula is C12H19N3O3. The van der Waals surface area contributed by atoms with Gasteiger partial charge in [0.1, 0.15) is 6.04 Å². The van der Waals surface area contributed by atoms with Crippen molar-refractivity contribution in [3.63, 3.8) is 0 Å². The van der Waals surface area contributed by atoms with Crippen molar-refractivity contribution in [2.24, 2.45) is 0 Å². The molecule has 0 bridgehead atoms. The molecule has 1 atom stereocenters. The van der Waals surface area contributed by atoms with Gasteiger partial charge in [-0.3, -0.25) is 4.79 Å². The number of rotatable bonds is 3. The number of ether oxygens (including phenoxy) is 1. The predicted octanol–water partition coefficient (Wildman–Crippen LogP) is -0.137. The summed E-state index contributed by atoms with van der Waals surface area (Å²) in [6.45, 7) is 2.50. The standard InChI is InChI=1S/C12H19N3O3/c1-15-5-4-10(11(15)16)14-12(17)13-7-9-3-2-6-18-8-9/h3,10H,2,4-8H2,1H3,(H2,13,14,17). The Morgan fingerprint density at radius 2 is 2.44 bits per heavy atom. The number of hydrogen-bond donors (Lipinski definition) is 2. The maximum absolute atomic E-state index is 11.6. The number of carbonyl (C=O) groups excluding carboxylic acids is 2. The fraction of sp³-hybridized carbons (Fsp3) is 0.667. The summed E-state index contributed by atoms with van der Waals surface area (Å²) in [5.74, 6) is -0.0228. The second kappa shape index (κ2) is 5.86. The molecule has 0 aromatic rings. The van der Waals surface area contributed by atoms with Crippen molar-refractivity contribution in [3.05, 3.63) is 11.6 Å². The van der Waals surface area contributed by atoms with E-state index >= 15 is 0 Å². The van der Waals surface area contributed by atoms with Crippen LogP contribution in [0.15, 0.2) is 11.6 Å². The van der Waals surface area contributed by atoms with Gasteiger partial charge in [0.05, 0.1) is 13.2 Å². The molecule has 2 aliphatic heterocycles. The van der Waals surface area contributed by atoms with E-state index in [4.69, 9.17) is 4.74 Å². The Bertz CT molecular complexity index is 368. The smallest absolute Gasteiger partial charge is 0.315 e. The summed E-state index contributed by atoms with van der Waals surface area (Å²) in [5, 5.41) is 5.43. The molecule has 18 heavy (non-hydrogen) atoms. The first-order valence-corrected chi connectivity index (χ1v) is 6.22. The topological polar surface area (TPSA) is 70.7 Å². The second-order valence-corrected chi connectivity index (χ2v) is 4.63. The zero-order valence-electron chi connectivity index (χ0n) is 10.6. The summed E-state index contributed by atoms with van der Waals surface area (Å²) in [6, 6.07) is -0.679. The van der Waals surface area contributed by atoms with Gasteiger partial charge in [0.15, 0.2) is 0 Å². The Morgan fingerprint density at radius 1 is 1.61 bits per heavy atom. The van der Waals surface area contributed by atoms with Gasteiger partial charge in [0.2, 0.25) is 5.91 Å². The van der Waals surface area contributed by atoms with Crippen LogP contribution in [-0.4, -0.2) is 56.2 Å². The molecule has 2 heterocycles. The van der Waals surface area contributed by atoms with Crippen LogP contribution >= 0.6 is 0 Å². The first-order chi connectivity index (χ1) is 8.66. The quantitative estimate of drug-likeness (QED) is 0.688. The largest absolute Gasteiger partial charge is 0.377 e. The molecule has 6 nitrogen and oxygen atoms in total. The first kappa shape index (κ1) is 12.9. The molecule has 100 valence electrons. The van der Waals surface area contributed by atoms with Gasteiger partial charge in [-0.1, -0.05) is 6.08 Å². The van der Waals surface area contributed by atoms with E-state index in [9.17, 15) is 9.59 Å². The number of likely N-dealkylation sites (tertiary alicyclic amines) is 1. The zero-order chi connectivity index (χ0) is 13.0. The van der Waals surface area contributed by atoms with Crippen LogP contribution in [0.3, 0.4) is 0 Å². The minimum absolute atomic E-state index is 0.0228. The molecule has 3 amide bonds. The summed E-state index contributed by atoms with van der Waals surface area (Å²) in [4.78, 5) is 24.9. The summed E-state index contributed by atoms with van der Waals surface area (Å²) < 4.78 is 5.28. The Kier molecular flexibility index (Phi) is 4.19. The van der Waals surface area contributed by atoms with E-state index < -0.39 is 0 Å². The SMILES string of the molecule is CN1CCC(NC(=O)NCC2=CCCOC2)C1=O. The van der Waals surface area contributed by atoms with Crippen LogP contribution in [-0.2, 0) is 9.53 Å². The Balaban J connectivity index is 1.72. The van der Waals surface area contributed by atoms with Crippen molar-refractivity contribution < 1.29 is 14.3 Å². The van der Waals surface area contributed by atoms with Crippen molar-refractivity contribution >= 4 is 11.9 Å². The van der Waals surface area contributed by atoms with Crippen molar-refractivity contribution in [2.75, 3.05) is 33.4 Å². The minimum atomic E-state index is -0.383. The maximum atomic E-state index is 11.6. The van der Waals surface area contributed by atoms with Crippen LogP contribution in [0.4, 0.5) is 4.79 Å². The van der Waals surface area contributed by atoms with E-state index in [1.54, 1.807) is 11.9 Å². The summed E-state index contributed by atoms with van der Waals surface area (Å²) in [5.41, 5.74) is 1.08. The lowest BCUT2D eigenvalue weighted by Crippen LogP contribution is -2.46. The summed E-state index contributed by atoms with van der Waals surface area (Å²) in [7, 11) is 1.74. The number of urea groups is 1. The summed E-state index contributed by atoms with van der Waals surface area (Å²) >= 11 is 0. The molecule has 1 fully saturated rings. The van der Waals surface area contributed by atoms with Gasteiger partial charge in [0.25, 0.3) is 0 Å². The van der Waals surface area contributed by atoms with Crippen LogP contribution in [0.2, 0.25) is 0 Å². The molecule has 1 unspecified atom stereocenters. The monoisotopic (exact) mass is 253 g/mol. The molecule has 0 saturated carbocycles.